The minimum absolute atomic E-state index is 0.0511. The molecule has 6 heteroatoms. The lowest BCUT2D eigenvalue weighted by Gasteiger charge is -2.06. The number of non-ortho nitro benzene ring substituents is 1. The van der Waals surface area contributed by atoms with Gasteiger partial charge >= 0.3 is 0 Å². The predicted octanol–water partition coefficient (Wildman–Crippen LogP) is 3.09. The smallest absolute Gasteiger partial charge is 0.271 e. The quantitative estimate of drug-likeness (QED) is 0.589. The van der Waals surface area contributed by atoms with Crippen molar-refractivity contribution in [3.63, 3.8) is 0 Å². The average molecular weight is 282 g/mol. The standard InChI is InChI=1S/C15H14N4O2/c1-18-14-8-7-12(19(20)21)9-13(14)17-15(18)16-10-11-5-3-2-4-6-11/h2-9H,10H2,1H3,(H,16,17). The van der Waals surface area contributed by atoms with Gasteiger partial charge in [-0.1, -0.05) is 30.3 Å². The van der Waals surface area contributed by atoms with Gasteiger partial charge in [0.1, 0.15) is 0 Å². The zero-order valence-electron chi connectivity index (χ0n) is 11.5. The third kappa shape index (κ3) is 2.55. The van der Waals surface area contributed by atoms with Crippen LogP contribution in [0, 0.1) is 10.1 Å². The van der Waals surface area contributed by atoms with Crippen LogP contribution in [0.1, 0.15) is 5.56 Å². The monoisotopic (exact) mass is 282 g/mol. The number of nitro groups is 1. The number of hydrogen-bond acceptors (Lipinski definition) is 4. The van der Waals surface area contributed by atoms with Gasteiger partial charge in [-0.2, -0.15) is 0 Å². The molecule has 3 aromatic rings. The summed E-state index contributed by atoms with van der Waals surface area (Å²) in [6.07, 6.45) is 0. The summed E-state index contributed by atoms with van der Waals surface area (Å²) in [5.41, 5.74) is 2.67. The Labute approximate surface area is 121 Å². The summed E-state index contributed by atoms with van der Waals surface area (Å²) in [7, 11) is 1.88. The number of benzene rings is 2. The van der Waals surface area contributed by atoms with E-state index < -0.39 is 4.92 Å². The molecular formula is C15H14N4O2. The minimum atomic E-state index is -0.412. The summed E-state index contributed by atoms with van der Waals surface area (Å²) in [5, 5.41) is 14.1. The molecule has 0 aliphatic rings. The molecule has 1 N–H and O–H groups in total. The normalized spacial score (nSPS) is 10.7. The van der Waals surface area contributed by atoms with E-state index in [9.17, 15) is 10.1 Å². The molecule has 1 heterocycles. The molecule has 0 fully saturated rings. The molecule has 0 bridgehead atoms. The molecule has 0 atom stereocenters. The first kappa shape index (κ1) is 13.1. The third-order valence-corrected chi connectivity index (χ3v) is 3.37. The number of nitrogens with one attached hydrogen (secondary N) is 1. The zero-order chi connectivity index (χ0) is 14.8. The summed E-state index contributed by atoms with van der Waals surface area (Å²) in [6.45, 7) is 0.653. The largest absolute Gasteiger partial charge is 0.352 e. The van der Waals surface area contributed by atoms with E-state index in [-0.39, 0.29) is 5.69 Å². The predicted molar refractivity (Wildman–Crippen MR) is 81.1 cm³/mol. The summed E-state index contributed by atoms with van der Waals surface area (Å²) < 4.78 is 1.89. The van der Waals surface area contributed by atoms with Gasteiger partial charge in [-0.3, -0.25) is 10.1 Å². The van der Waals surface area contributed by atoms with E-state index in [4.69, 9.17) is 0 Å². The minimum Gasteiger partial charge on any atom is -0.352 e. The van der Waals surface area contributed by atoms with E-state index in [1.54, 1.807) is 6.07 Å². The number of aromatic nitrogens is 2. The Kier molecular flexibility index (Phi) is 3.27. The summed E-state index contributed by atoms with van der Waals surface area (Å²) in [5.74, 6) is 0.689. The van der Waals surface area contributed by atoms with Crippen molar-refractivity contribution in [3.05, 3.63) is 64.2 Å². The molecular weight excluding hydrogens is 268 g/mol. The number of nitro benzene ring substituents is 1. The summed E-state index contributed by atoms with van der Waals surface area (Å²) in [6, 6.07) is 14.7. The van der Waals surface area contributed by atoms with Crippen molar-refractivity contribution in [2.24, 2.45) is 7.05 Å². The van der Waals surface area contributed by atoms with E-state index in [1.807, 2.05) is 41.9 Å². The second-order valence-electron chi connectivity index (χ2n) is 4.76. The highest BCUT2D eigenvalue weighted by atomic mass is 16.6. The van der Waals surface area contributed by atoms with Crippen molar-refractivity contribution in [2.45, 2.75) is 6.54 Å². The second kappa shape index (κ2) is 5.24. The Balaban J connectivity index is 1.89. The molecule has 3 rings (SSSR count). The Morgan fingerprint density at radius 3 is 2.71 bits per heavy atom. The van der Waals surface area contributed by atoms with Gasteiger partial charge < -0.3 is 9.88 Å². The molecule has 0 unspecified atom stereocenters. The summed E-state index contributed by atoms with van der Waals surface area (Å²) in [4.78, 5) is 14.8. The lowest BCUT2D eigenvalue weighted by atomic mass is 10.2. The fourth-order valence-electron chi connectivity index (χ4n) is 2.24. The van der Waals surface area contributed by atoms with E-state index in [0.29, 0.717) is 18.0 Å². The maximum absolute atomic E-state index is 10.8. The summed E-state index contributed by atoms with van der Waals surface area (Å²) >= 11 is 0. The van der Waals surface area contributed by atoms with Crippen LogP contribution in [-0.2, 0) is 13.6 Å². The van der Waals surface area contributed by atoms with Crippen LogP contribution < -0.4 is 5.32 Å². The van der Waals surface area contributed by atoms with Crippen LogP contribution in [-0.4, -0.2) is 14.5 Å². The maximum Gasteiger partial charge on any atom is 0.271 e. The van der Waals surface area contributed by atoms with Gasteiger partial charge in [0.05, 0.1) is 16.0 Å². The van der Waals surface area contributed by atoms with Crippen LogP contribution in [0.15, 0.2) is 48.5 Å². The van der Waals surface area contributed by atoms with Crippen LogP contribution in [0.25, 0.3) is 11.0 Å². The number of aryl methyl sites for hydroxylation is 1. The highest BCUT2D eigenvalue weighted by molar-refractivity contribution is 5.80. The highest BCUT2D eigenvalue weighted by Gasteiger charge is 2.12. The van der Waals surface area contributed by atoms with Gasteiger partial charge in [-0.25, -0.2) is 4.98 Å². The van der Waals surface area contributed by atoms with E-state index in [2.05, 4.69) is 10.3 Å². The van der Waals surface area contributed by atoms with Gasteiger partial charge in [0.15, 0.2) is 0 Å². The molecule has 0 saturated carbocycles. The second-order valence-corrected chi connectivity index (χ2v) is 4.76. The molecule has 0 spiro atoms. The molecule has 6 nitrogen and oxygen atoms in total. The Bertz CT molecular complexity index is 796. The number of nitrogens with zero attached hydrogens (tertiary/aromatic N) is 3. The first-order valence-electron chi connectivity index (χ1n) is 6.54. The molecule has 0 aliphatic heterocycles. The Morgan fingerprint density at radius 1 is 1.24 bits per heavy atom. The molecule has 1 aromatic heterocycles. The molecule has 0 aliphatic carbocycles. The SMILES string of the molecule is Cn1c(NCc2ccccc2)nc2cc([N+](=O)[O-])ccc21. The zero-order valence-corrected chi connectivity index (χ0v) is 11.5. The fraction of sp³-hybridized carbons (Fsp3) is 0.133. The van der Waals surface area contributed by atoms with Crippen LogP contribution in [0.4, 0.5) is 11.6 Å². The van der Waals surface area contributed by atoms with Gasteiger partial charge in [0.25, 0.3) is 5.69 Å². The first-order chi connectivity index (χ1) is 10.1. The number of imidazole rings is 1. The van der Waals surface area contributed by atoms with Crippen LogP contribution >= 0.6 is 0 Å². The number of anilines is 1. The number of hydrogen-bond donors (Lipinski definition) is 1. The van der Waals surface area contributed by atoms with Crippen LogP contribution in [0.2, 0.25) is 0 Å². The topological polar surface area (TPSA) is 73.0 Å². The van der Waals surface area contributed by atoms with Crippen LogP contribution in [0.3, 0.4) is 0 Å². The number of rotatable bonds is 4. The molecule has 106 valence electrons. The molecule has 21 heavy (non-hydrogen) atoms. The van der Waals surface area contributed by atoms with Crippen molar-refractivity contribution in [1.29, 1.82) is 0 Å². The molecule has 0 radical (unpaired) electrons. The van der Waals surface area contributed by atoms with Crippen LogP contribution in [0.5, 0.6) is 0 Å². The Morgan fingerprint density at radius 2 is 2.00 bits per heavy atom. The van der Waals surface area contributed by atoms with Crippen molar-refractivity contribution in [2.75, 3.05) is 5.32 Å². The highest BCUT2D eigenvalue weighted by Crippen LogP contribution is 2.23. The van der Waals surface area contributed by atoms with Gasteiger partial charge in [0.2, 0.25) is 5.95 Å². The lowest BCUT2D eigenvalue weighted by molar-refractivity contribution is -0.384. The van der Waals surface area contributed by atoms with Crippen molar-refractivity contribution >= 4 is 22.7 Å². The van der Waals surface area contributed by atoms with Gasteiger partial charge in [0, 0.05) is 25.7 Å². The first-order valence-corrected chi connectivity index (χ1v) is 6.54. The molecule has 0 amide bonds. The van der Waals surface area contributed by atoms with E-state index in [0.717, 1.165) is 11.1 Å². The van der Waals surface area contributed by atoms with Crippen molar-refractivity contribution < 1.29 is 4.92 Å². The number of fused-ring (bicyclic) bond motifs is 1. The Hall–Kier alpha value is -2.89. The van der Waals surface area contributed by atoms with Crippen molar-refractivity contribution in [3.8, 4) is 0 Å². The van der Waals surface area contributed by atoms with Gasteiger partial charge in [-0.15, -0.1) is 0 Å². The maximum atomic E-state index is 10.8. The van der Waals surface area contributed by atoms with E-state index >= 15 is 0 Å². The third-order valence-electron chi connectivity index (χ3n) is 3.37. The average Bonchev–Trinajstić information content (AvgIpc) is 2.82. The fourth-order valence-corrected chi connectivity index (χ4v) is 2.24. The molecule has 2 aromatic carbocycles. The molecule has 0 saturated heterocycles. The lowest BCUT2D eigenvalue weighted by Crippen LogP contribution is -2.04. The van der Waals surface area contributed by atoms with Crippen molar-refractivity contribution in [1.82, 2.24) is 9.55 Å². The van der Waals surface area contributed by atoms with E-state index in [1.165, 1.54) is 12.1 Å². The van der Waals surface area contributed by atoms with Gasteiger partial charge in [-0.05, 0) is 11.6 Å².